The largest absolute Gasteiger partial charge is 0.444 e. The number of carbonyl (C=O) groups is 1. The molecular weight excluding hydrogens is 343 g/mol. The standard InChI is InChI=1S/C22H17FN2O2/c23-16-8-4-7-14(9-16)20-17(12-24)22(25)27-19-11-15(10-18(26)21(19)20)13-5-2-1-3-6-13/h1-9,15,20H,10-11,25H2/t15-,20-/m1/s1. The summed E-state index contributed by atoms with van der Waals surface area (Å²) in [7, 11) is 0. The minimum Gasteiger partial charge on any atom is -0.444 e. The van der Waals surface area contributed by atoms with Crippen LogP contribution in [0.4, 0.5) is 4.39 Å². The second kappa shape index (κ2) is 6.73. The highest BCUT2D eigenvalue weighted by molar-refractivity contribution is 6.00. The van der Waals surface area contributed by atoms with Gasteiger partial charge >= 0.3 is 0 Å². The van der Waals surface area contributed by atoms with Crippen molar-refractivity contribution in [1.29, 1.82) is 5.26 Å². The van der Waals surface area contributed by atoms with Crippen molar-refractivity contribution in [3.8, 4) is 6.07 Å². The summed E-state index contributed by atoms with van der Waals surface area (Å²) in [5.74, 6) is -0.777. The fourth-order valence-electron chi connectivity index (χ4n) is 3.89. The lowest BCUT2D eigenvalue weighted by molar-refractivity contribution is -0.117. The summed E-state index contributed by atoms with van der Waals surface area (Å²) in [5, 5.41) is 9.57. The molecule has 0 amide bonds. The number of ketones is 1. The fourth-order valence-corrected chi connectivity index (χ4v) is 3.89. The molecule has 0 saturated heterocycles. The van der Waals surface area contributed by atoms with Crippen LogP contribution in [-0.4, -0.2) is 5.78 Å². The third-order valence-electron chi connectivity index (χ3n) is 5.11. The molecule has 0 radical (unpaired) electrons. The van der Waals surface area contributed by atoms with Crippen LogP contribution in [0.25, 0.3) is 0 Å². The van der Waals surface area contributed by atoms with Gasteiger partial charge in [-0.3, -0.25) is 4.79 Å². The summed E-state index contributed by atoms with van der Waals surface area (Å²) in [5.41, 5.74) is 8.12. The summed E-state index contributed by atoms with van der Waals surface area (Å²) in [6.45, 7) is 0. The predicted octanol–water partition coefficient (Wildman–Crippen LogP) is 4.03. The maximum absolute atomic E-state index is 13.8. The van der Waals surface area contributed by atoms with Crippen molar-refractivity contribution in [3.05, 3.63) is 94.3 Å². The van der Waals surface area contributed by atoms with E-state index in [0.29, 0.717) is 29.7 Å². The number of benzene rings is 2. The zero-order chi connectivity index (χ0) is 19.0. The first-order valence-corrected chi connectivity index (χ1v) is 8.72. The lowest BCUT2D eigenvalue weighted by Crippen LogP contribution is -2.29. The topological polar surface area (TPSA) is 76.1 Å². The molecular formula is C22H17FN2O2. The van der Waals surface area contributed by atoms with Gasteiger partial charge in [0.15, 0.2) is 5.78 Å². The normalized spacial score (nSPS) is 22.1. The van der Waals surface area contributed by atoms with Gasteiger partial charge in [-0.2, -0.15) is 5.26 Å². The van der Waals surface area contributed by atoms with E-state index in [1.807, 2.05) is 36.4 Å². The number of nitriles is 1. The first-order valence-electron chi connectivity index (χ1n) is 8.72. The van der Waals surface area contributed by atoms with Crippen LogP contribution in [0.1, 0.15) is 35.8 Å². The molecule has 2 aromatic rings. The summed E-state index contributed by atoms with van der Waals surface area (Å²) in [6, 6.07) is 17.7. The van der Waals surface area contributed by atoms with Crippen LogP contribution in [0.15, 0.2) is 77.4 Å². The smallest absolute Gasteiger partial charge is 0.205 e. The SMILES string of the molecule is N#CC1=C(N)OC2=C(C(=O)C[C@@H](c3ccccc3)C2)[C@@H]1c1cccc(F)c1. The zero-order valence-corrected chi connectivity index (χ0v) is 14.5. The number of rotatable bonds is 2. The Kier molecular flexibility index (Phi) is 4.25. The monoisotopic (exact) mass is 360 g/mol. The number of ether oxygens (including phenoxy) is 1. The molecule has 0 saturated carbocycles. The van der Waals surface area contributed by atoms with Crippen molar-refractivity contribution >= 4 is 5.78 Å². The third-order valence-corrected chi connectivity index (χ3v) is 5.11. The Morgan fingerprint density at radius 2 is 1.81 bits per heavy atom. The summed E-state index contributed by atoms with van der Waals surface area (Å²) in [4.78, 5) is 13.0. The Bertz CT molecular complexity index is 1020. The van der Waals surface area contributed by atoms with E-state index < -0.39 is 11.7 Å². The van der Waals surface area contributed by atoms with Crippen molar-refractivity contribution in [2.45, 2.75) is 24.7 Å². The molecule has 2 aliphatic rings. The number of hydrogen-bond donors (Lipinski definition) is 1. The molecule has 5 heteroatoms. The second-order valence-electron chi connectivity index (χ2n) is 6.76. The molecule has 0 fully saturated rings. The number of halogens is 1. The number of nitrogens with zero attached hydrogens (tertiary/aromatic N) is 1. The van der Waals surface area contributed by atoms with E-state index in [1.54, 1.807) is 12.1 Å². The Hall–Kier alpha value is -3.39. The maximum atomic E-state index is 13.8. The Morgan fingerprint density at radius 1 is 1.07 bits per heavy atom. The Balaban J connectivity index is 1.80. The number of hydrogen-bond acceptors (Lipinski definition) is 4. The van der Waals surface area contributed by atoms with Crippen molar-refractivity contribution in [2.75, 3.05) is 0 Å². The Labute approximate surface area is 156 Å². The van der Waals surface area contributed by atoms with Crippen LogP contribution in [0.5, 0.6) is 0 Å². The molecule has 0 spiro atoms. The van der Waals surface area contributed by atoms with Crippen LogP contribution in [-0.2, 0) is 9.53 Å². The lowest BCUT2D eigenvalue weighted by Gasteiger charge is -2.34. The van der Waals surface area contributed by atoms with Gasteiger partial charge in [-0.25, -0.2) is 4.39 Å². The lowest BCUT2D eigenvalue weighted by atomic mass is 9.73. The maximum Gasteiger partial charge on any atom is 0.205 e. The highest BCUT2D eigenvalue weighted by atomic mass is 19.1. The number of nitrogens with two attached hydrogens (primary N) is 1. The van der Waals surface area contributed by atoms with Crippen LogP contribution in [0.2, 0.25) is 0 Å². The summed E-state index contributed by atoms with van der Waals surface area (Å²) >= 11 is 0. The second-order valence-corrected chi connectivity index (χ2v) is 6.76. The van der Waals surface area contributed by atoms with E-state index in [9.17, 15) is 14.4 Å². The summed E-state index contributed by atoms with van der Waals surface area (Å²) in [6.07, 6.45) is 0.826. The highest BCUT2D eigenvalue weighted by Crippen LogP contribution is 2.46. The van der Waals surface area contributed by atoms with Gasteiger partial charge in [0, 0.05) is 18.4 Å². The van der Waals surface area contributed by atoms with Crippen LogP contribution in [0, 0.1) is 17.1 Å². The Morgan fingerprint density at radius 3 is 2.52 bits per heavy atom. The molecule has 2 N–H and O–H groups in total. The van der Waals surface area contributed by atoms with Gasteiger partial charge in [0.2, 0.25) is 5.88 Å². The van der Waals surface area contributed by atoms with E-state index in [0.717, 1.165) is 5.56 Å². The molecule has 0 bridgehead atoms. The van der Waals surface area contributed by atoms with E-state index in [4.69, 9.17) is 10.5 Å². The van der Waals surface area contributed by atoms with Crippen molar-refractivity contribution in [2.24, 2.45) is 5.73 Å². The average Bonchev–Trinajstić information content (AvgIpc) is 2.67. The zero-order valence-electron chi connectivity index (χ0n) is 14.5. The molecule has 4 nitrogen and oxygen atoms in total. The van der Waals surface area contributed by atoms with Gasteiger partial charge in [0.05, 0.1) is 5.92 Å². The molecule has 0 unspecified atom stereocenters. The van der Waals surface area contributed by atoms with Crippen molar-refractivity contribution in [1.82, 2.24) is 0 Å². The van der Waals surface area contributed by atoms with Gasteiger partial charge in [0.1, 0.15) is 23.2 Å². The molecule has 2 atom stereocenters. The number of carbonyl (C=O) groups excluding carboxylic acids is 1. The minimum absolute atomic E-state index is 0.0120. The van der Waals surface area contributed by atoms with Gasteiger partial charge in [-0.1, -0.05) is 42.5 Å². The molecule has 27 heavy (non-hydrogen) atoms. The molecule has 2 aromatic carbocycles. The molecule has 134 valence electrons. The van der Waals surface area contributed by atoms with Crippen LogP contribution < -0.4 is 5.73 Å². The quantitative estimate of drug-likeness (QED) is 0.877. The molecule has 1 aliphatic heterocycles. The van der Waals surface area contributed by atoms with Crippen molar-refractivity contribution < 1.29 is 13.9 Å². The molecule has 0 aromatic heterocycles. The minimum atomic E-state index is -0.696. The van der Waals surface area contributed by atoms with Crippen LogP contribution in [0.3, 0.4) is 0 Å². The van der Waals surface area contributed by atoms with Crippen molar-refractivity contribution in [3.63, 3.8) is 0 Å². The highest BCUT2D eigenvalue weighted by Gasteiger charge is 2.40. The first kappa shape index (κ1) is 17.0. The molecule has 4 rings (SSSR count). The fraction of sp³-hybridized carbons (Fsp3) is 0.182. The number of Topliss-reactive ketones (excluding diaryl/α,β-unsaturated/α-hetero) is 1. The first-order chi connectivity index (χ1) is 13.1. The average molecular weight is 360 g/mol. The summed E-state index contributed by atoms with van der Waals surface area (Å²) < 4.78 is 19.5. The third kappa shape index (κ3) is 3.00. The van der Waals surface area contributed by atoms with E-state index in [1.165, 1.54) is 12.1 Å². The van der Waals surface area contributed by atoms with E-state index in [-0.39, 0.29) is 23.2 Å². The predicted molar refractivity (Wildman–Crippen MR) is 97.5 cm³/mol. The van der Waals surface area contributed by atoms with Gasteiger partial charge < -0.3 is 10.5 Å². The molecule has 1 heterocycles. The van der Waals surface area contributed by atoms with Gasteiger partial charge in [-0.05, 0) is 29.2 Å². The van der Waals surface area contributed by atoms with E-state index >= 15 is 0 Å². The van der Waals surface area contributed by atoms with E-state index in [2.05, 4.69) is 0 Å². The van der Waals surface area contributed by atoms with Gasteiger partial charge in [-0.15, -0.1) is 0 Å². The number of allylic oxidation sites excluding steroid dienone is 3. The molecule has 1 aliphatic carbocycles. The van der Waals surface area contributed by atoms with Crippen LogP contribution >= 0.6 is 0 Å². The van der Waals surface area contributed by atoms with Gasteiger partial charge in [0.25, 0.3) is 0 Å².